The predicted octanol–water partition coefficient (Wildman–Crippen LogP) is 4.63. The molecule has 0 radical (unpaired) electrons. The van der Waals surface area contributed by atoms with E-state index in [4.69, 9.17) is 4.42 Å². The van der Waals surface area contributed by atoms with Gasteiger partial charge in [-0.05, 0) is 35.4 Å². The number of nitrogens with zero attached hydrogens (tertiary/aromatic N) is 3. The molecule has 4 rings (SSSR count). The highest BCUT2D eigenvalue weighted by Gasteiger charge is 2.17. The van der Waals surface area contributed by atoms with Crippen molar-refractivity contribution in [2.75, 3.05) is 0 Å². The van der Waals surface area contributed by atoms with E-state index in [1.165, 1.54) is 22.8 Å². The van der Waals surface area contributed by atoms with Gasteiger partial charge in [0.15, 0.2) is 5.58 Å². The van der Waals surface area contributed by atoms with E-state index in [-0.39, 0.29) is 23.6 Å². The number of amides is 1. The van der Waals surface area contributed by atoms with Crippen molar-refractivity contribution in [3.05, 3.63) is 83.6 Å². The Labute approximate surface area is 185 Å². The van der Waals surface area contributed by atoms with E-state index in [1.54, 1.807) is 22.7 Å². The summed E-state index contributed by atoms with van der Waals surface area (Å²) in [6.07, 6.45) is 0.735. The minimum Gasteiger partial charge on any atom is -0.407 e. The molecule has 0 spiro atoms. The van der Waals surface area contributed by atoms with Crippen molar-refractivity contribution in [2.24, 2.45) is 0 Å². The standard InChI is InChI=1S/C21H19N3O5S2/c25-20(22(13-16-4-2-10-30-16)14-17-5-3-11-31-17)6-1-9-23-18-8-7-15(24(27)28)12-19(18)29-21(23)26/h2-5,7-8,10-12H,1,6,9,13-14H2. The smallest absolute Gasteiger partial charge is 0.407 e. The minimum absolute atomic E-state index is 0.0123. The molecule has 0 unspecified atom stereocenters. The van der Waals surface area contributed by atoms with Gasteiger partial charge < -0.3 is 9.32 Å². The molecule has 0 saturated heterocycles. The van der Waals surface area contributed by atoms with Gasteiger partial charge in [-0.3, -0.25) is 19.5 Å². The lowest BCUT2D eigenvalue weighted by molar-refractivity contribution is -0.384. The quantitative estimate of drug-likeness (QED) is 0.269. The van der Waals surface area contributed by atoms with Gasteiger partial charge in [0, 0.05) is 28.8 Å². The molecule has 0 aliphatic heterocycles. The van der Waals surface area contributed by atoms with Crippen LogP contribution in [0.4, 0.5) is 5.69 Å². The molecule has 0 saturated carbocycles. The van der Waals surface area contributed by atoms with E-state index in [2.05, 4.69) is 0 Å². The molecule has 0 atom stereocenters. The number of rotatable bonds is 9. The van der Waals surface area contributed by atoms with E-state index < -0.39 is 10.7 Å². The molecule has 1 aromatic carbocycles. The van der Waals surface area contributed by atoms with Gasteiger partial charge in [-0.2, -0.15) is 0 Å². The molecule has 3 aromatic heterocycles. The van der Waals surface area contributed by atoms with Crippen molar-refractivity contribution >= 4 is 45.4 Å². The van der Waals surface area contributed by atoms with E-state index in [0.29, 0.717) is 31.6 Å². The number of aryl methyl sites for hydroxylation is 1. The average Bonchev–Trinajstić information content (AvgIpc) is 3.49. The third-order valence-electron chi connectivity index (χ3n) is 4.84. The fourth-order valence-corrected chi connectivity index (χ4v) is 4.78. The van der Waals surface area contributed by atoms with Crippen LogP contribution in [0, 0.1) is 10.1 Å². The summed E-state index contributed by atoms with van der Waals surface area (Å²) in [6, 6.07) is 12.0. The lowest BCUT2D eigenvalue weighted by Gasteiger charge is -2.21. The highest BCUT2D eigenvalue weighted by Crippen LogP contribution is 2.21. The number of fused-ring (bicyclic) bond motifs is 1. The van der Waals surface area contributed by atoms with Crippen LogP contribution in [-0.4, -0.2) is 20.3 Å². The maximum atomic E-state index is 12.9. The fourth-order valence-electron chi connectivity index (χ4n) is 3.34. The Morgan fingerprint density at radius 3 is 2.35 bits per heavy atom. The monoisotopic (exact) mass is 457 g/mol. The molecule has 10 heteroatoms. The number of hydrogen-bond donors (Lipinski definition) is 0. The molecule has 3 heterocycles. The largest absolute Gasteiger partial charge is 0.419 e. The van der Waals surface area contributed by atoms with Gasteiger partial charge in [0.25, 0.3) is 5.69 Å². The number of benzene rings is 1. The molecular formula is C21H19N3O5S2. The fraction of sp³-hybridized carbons (Fsp3) is 0.238. The lowest BCUT2D eigenvalue weighted by Crippen LogP contribution is -2.29. The van der Waals surface area contributed by atoms with Crippen LogP contribution in [0.5, 0.6) is 0 Å². The van der Waals surface area contributed by atoms with Crippen LogP contribution in [0.1, 0.15) is 22.6 Å². The number of carbonyl (C=O) groups is 1. The van der Waals surface area contributed by atoms with E-state index in [1.807, 2.05) is 39.9 Å². The predicted molar refractivity (Wildman–Crippen MR) is 119 cm³/mol. The molecule has 0 fully saturated rings. The number of oxazole rings is 1. The molecule has 0 bridgehead atoms. The highest BCUT2D eigenvalue weighted by molar-refractivity contribution is 7.10. The normalized spacial score (nSPS) is 11.1. The third-order valence-corrected chi connectivity index (χ3v) is 6.56. The van der Waals surface area contributed by atoms with Crippen LogP contribution in [0.25, 0.3) is 11.1 Å². The van der Waals surface area contributed by atoms with Gasteiger partial charge in [-0.25, -0.2) is 4.79 Å². The maximum absolute atomic E-state index is 12.9. The first-order valence-corrected chi connectivity index (χ1v) is 11.4. The molecule has 0 N–H and O–H groups in total. The van der Waals surface area contributed by atoms with Crippen LogP contribution in [-0.2, 0) is 24.4 Å². The van der Waals surface area contributed by atoms with Gasteiger partial charge >= 0.3 is 5.76 Å². The number of thiophene rings is 2. The Morgan fingerprint density at radius 1 is 1.10 bits per heavy atom. The van der Waals surface area contributed by atoms with Gasteiger partial charge in [-0.15, -0.1) is 22.7 Å². The topological polar surface area (TPSA) is 98.6 Å². The van der Waals surface area contributed by atoms with Crippen LogP contribution >= 0.6 is 22.7 Å². The second kappa shape index (κ2) is 9.27. The van der Waals surface area contributed by atoms with Crippen LogP contribution in [0.2, 0.25) is 0 Å². The molecule has 160 valence electrons. The Hall–Kier alpha value is -3.24. The lowest BCUT2D eigenvalue weighted by atomic mass is 10.2. The van der Waals surface area contributed by atoms with E-state index in [0.717, 1.165) is 9.75 Å². The number of hydrogen-bond acceptors (Lipinski definition) is 7. The molecular weight excluding hydrogens is 438 g/mol. The summed E-state index contributed by atoms with van der Waals surface area (Å²) in [5.74, 6) is -0.574. The van der Waals surface area contributed by atoms with Crippen LogP contribution in [0.3, 0.4) is 0 Å². The minimum atomic E-state index is -0.586. The van der Waals surface area contributed by atoms with Gasteiger partial charge in [-0.1, -0.05) is 12.1 Å². The number of aromatic nitrogens is 1. The first kappa shape index (κ1) is 21.0. The zero-order valence-electron chi connectivity index (χ0n) is 16.4. The Kier molecular flexibility index (Phi) is 6.28. The molecule has 8 nitrogen and oxygen atoms in total. The summed E-state index contributed by atoms with van der Waals surface area (Å²) in [5.41, 5.74) is 0.515. The van der Waals surface area contributed by atoms with Crippen molar-refractivity contribution in [2.45, 2.75) is 32.5 Å². The van der Waals surface area contributed by atoms with E-state index in [9.17, 15) is 19.7 Å². The van der Waals surface area contributed by atoms with Gasteiger partial charge in [0.2, 0.25) is 5.91 Å². The summed E-state index contributed by atoms with van der Waals surface area (Å²) in [7, 11) is 0. The second-order valence-electron chi connectivity index (χ2n) is 6.94. The van der Waals surface area contributed by atoms with Crippen LogP contribution < -0.4 is 5.76 Å². The molecule has 0 aliphatic carbocycles. The van der Waals surface area contributed by atoms with Crippen molar-refractivity contribution in [1.29, 1.82) is 0 Å². The van der Waals surface area contributed by atoms with Crippen molar-refractivity contribution in [3.63, 3.8) is 0 Å². The van der Waals surface area contributed by atoms with E-state index >= 15 is 0 Å². The SMILES string of the molecule is O=C(CCCn1c(=O)oc2cc([N+](=O)[O-])ccc21)N(Cc1cccs1)Cc1cccs1. The highest BCUT2D eigenvalue weighted by atomic mass is 32.1. The first-order chi connectivity index (χ1) is 15.0. The summed E-state index contributed by atoms with van der Waals surface area (Å²) >= 11 is 3.23. The number of nitro groups is 1. The zero-order chi connectivity index (χ0) is 21.8. The molecule has 1 amide bonds. The van der Waals surface area contributed by atoms with Crippen molar-refractivity contribution in [3.8, 4) is 0 Å². The summed E-state index contributed by atoms with van der Waals surface area (Å²) in [4.78, 5) is 39.6. The molecule has 31 heavy (non-hydrogen) atoms. The van der Waals surface area contributed by atoms with Crippen molar-refractivity contribution < 1.29 is 14.1 Å². The maximum Gasteiger partial charge on any atom is 0.419 e. The first-order valence-electron chi connectivity index (χ1n) is 9.61. The summed E-state index contributed by atoms with van der Waals surface area (Å²) in [5, 5.41) is 14.9. The van der Waals surface area contributed by atoms with Crippen molar-refractivity contribution in [1.82, 2.24) is 9.47 Å². The second-order valence-corrected chi connectivity index (χ2v) is 9.01. The van der Waals surface area contributed by atoms with Gasteiger partial charge in [0.05, 0.1) is 29.6 Å². The third kappa shape index (κ3) is 4.92. The number of nitro benzene ring substituents is 1. The summed E-state index contributed by atoms with van der Waals surface area (Å²) in [6.45, 7) is 1.39. The molecule has 0 aliphatic rings. The van der Waals surface area contributed by atoms with Crippen LogP contribution in [0.15, 0.2) is 62.4 Å². The number of carbonyl (C=O) groups excluding carboxylic acids is 1. The Bertz CT molecular complexity index is 1210. The summed E-state index contributed by atoms with van der Waals surface area (Å²) < 4.78 is 6.56. The average molecular weight is 458 g/mol. The number of non-ortho nitro benzene ring substituents is 1. The Balaban J connectivity index is 1.43. The van der Waals surface area contributed by atoms with Gasteiger partial charge in [0.1, 0.15) is 0 Å². The Morgan fingerprint density at radius 2 is 1.77 bits per heavy atom. The zero-order valence-corrected chi connectivity index (χ0v) is 18.1. The molecule has 4 aromatic rings.